The second-order valence-electron chi connectivity index (χ2n) is 6.57. The minimum atomic E-state index is -3.52. The van der Waals surface area contributed by atoms with Crippen LogP contribution in [-0.2, 0) is 29.4 Å². The van der Waals surface area contributed by atoms with E-state index in [-0.39, 0.29) is 11.4 Å². The number of aliphatic imine (C=N–C) groups is 1. The molecule has 1 heterocycles. The van der Waals surface area contributed by atoms with Crippen molar-refractivity contribution in [1.29, 1.82) is 0 Å². The van der Waals surface area contributed by atoms with Gasteiger partial charge in [0.15, 0.2) is 5.96 Å². The van der Waals surface area contributed by atoms with Crippen molar-refractivity contribution in [3.63, 3.8) is 0 Å². The molecule has 0 fully saturated rings. The van der Waals surface area contributed by atoms with E-state index in [2.05, 4.69) is 25.5 Å². The molecule has 1 aromatic carbocycles. The van der Waals surface area contributed by atoms with E-state index in [1.807, 2.05) is 27.7 Å². The number of benzene rings is 1. The molecule has 0 spiro atoms. The van der Waals surface area contributed by atoms with Gasteiger partial charge in [0.25, 0.3) is 0 Å². The summed E-state index contributed by atoms with van der Waals surface area (Å²) in [7, 11) is -3.52. The number of hydrogen-bond acceptors (Lipinski definition) is 5. The van der Waals surface area contributed by atoms with Crippen LogP contribution in [0.3, 0.4) is 0 Å². The Morgan fingerprint density at radius 1 is 1.07 bits per heavy atom. The van der Waals surface area contributed by atoms with Gasteiger partial charge < -0.3 is 15.2 Å². The van der Waals surface area contributed by atoms with Crippen molar-refractivity contribution in [2.24, 2.45) is 4.99 Å². The molecule has 2 rings (SSSR count). The molecule has 0 atom stereocenters. The summed E-state index contributed by atoms with van der Waals surface area (Å²) in [6, 6.07) is 6.77. The predicted molar refractivity (Wildman–Crippen MR) is 114 cm³/mol. The molecule has 160 valence electrons. The highest BCUT2D eigenvalue weighted by atomic mass is 32.2. The first-order valence-corrected chi connectivity index (χ1v) is 11.4. The number of guanidine groups is 1. The molecule has 2 aromatic rings. The first kappa shape index (κ1) is 22.9. The van der Waals surface area contributed by atoms with Crippen molar-refractivity contribution in [3.05, 3.63) is 46.8 Å². The maximum atomic E-state index is 12.3. The van der Waals surface area contributed by atoms with E-state index < -0.39 is 10.0 Å². The first-order chi connectivity index (χ1) is 13.9. The molecule has 0 unspecified atom stereocenters. The van der Waals surface area contributed by atoms with Gasteiger partial charge in [-0.15, -0.1) is 0 Å². The van der Waals surface area contributed by atoms with Gasteiger partial charge >= 0.3 is 0 Å². The van der Waals surface area contributed by atoms with Crippen LogP contribution in [0.2, 0.25) is 0 Å². The largest absolute Gasteiger partial charge is 0.361 e. The zero-order valence-corrected chi connectivity index (χ0v) is 18.4. The van der Waals surface area contributed by atoms with Crippen LogP contribution in [0.4, 0.5) is 0 Å². The van der Waals surface area contributed by atoms with E-state index in [1.54, 1.807) is 24.3 Å². The molecule has 29 heavy (non-hydrogen) atoms. The second-order valence-corrected chi connectivity index (χ2v) is 8.34. The summed E-state index contributed by atoms with van der Waals surface area (Å²) in [5.74, 6) is 1.47. The molecule has 3 N–H and O–H groups in total. The fraction of sp³-hybridized carbons (Fsp3) is 0.500. The van der Waals surface area contributed by atoms with Crippen LogP contribution >= 0.6 is 0 Å². The van der Waals surface area contributed by atoms with Crippen LogP contribution in [-0.4, -0.2) is 39.2 Å². The van der Waals surface area contributed by atoms with Gasteiger partial charge in [0.2, 0.25) is 10.0 Å². The van der Waals surface area contributed by atoms with Crippen LogP contribution in [0.15, 0.2) is 38.7 Å². The van der Waals surface area contributed by atoms with E-state index in [4.69, 9.17) is 4.52 Å². The molecule has 0 amide bonds. The van der Waals surface area contributed by atoms with Crippen LogP contribution in [0.5, 0.6) is 0 Å². The molecule has 0 bridgehead atoms. The molecule has 0 aliphatic heterocycles. The highest BCUT2D eigenvalue weighted by Gasteiger charge is 2.14. The fourth-order valence-corrected chi connectivity index (χ4v) is 3.82. The Bertz CT molecular complexity index is 883. The van der Waals surface area contributed by atoms with E-state index >= 15 is 0 Å². The monoisotopic (exact) mass is 421 g/mol. The van der Waals surface area contributed by atoms with E-state index in [0.29, 0.717) is 25.6 Å². The van der Waals surface area contributed by atoms with Crippen molar-refractivity contribution >= 4 is 16.0 Å². The molecular formula is C20H31N5O3S. The topological polar surface area (TPSA) is 109 Å². The zero-order chi connectivity index (χ0) is 21.3. The molecule has 0 radical (unpaired) electrons. The number of sulfonamides is 1. The van der Waals surface area contributed by atoms with E-state index in [9.17, 15) is 8.42 Å². The Kier molecular flexibility index (Phi) is 8.66. The number of hydrogen-bond donors (Lipinski definition) is 3. The highest BCUT2D eigenvalue weighted by molar-refractivity contribution is 7.89. The normalized spacial score (nSPS) is 12.2. The summed E-state index contributed by atoms with van der Waals surface area (Å²) < 4.78 is 32.6. The summed E-state index contributed by atoms with van der Waals surface area (Å²) in [6.07, 6.45) is 1.56. The van der Waals surface area contributed by atoms with Gasteiger partial charge in [-0.2, -0.15) is 0 Å². The van der Waals surface area contributed by atoms with Crippen LogP contribution < -0.4 is 15.4 Å². The number of aryl methyl sites for hydroxylation is 3. The van der Waals surface area contributed by atoms with E-state index in [1.165, 1.54) is 0 Å². The lowest BCUT2D eigenvalue weighted by Crippen LogP contribution is -2.41. The molecule has 0 aliphatic rings. The van der Waals surface area contributed by atoms with Crippen molar-refractivity contribution in [2.75, 3.05) is 19.6 Å². The smallest absolute Gasteiger partial charge is 0.240 e. The Morgan fingerprint density at radius 3 is 2.41 bits per heavy atom. The molecule has 0 aliphatic carbocycles. The van der Waals surface area contributed by atoms with Crippen LogP contribution in [0, 0.1) is 6.92 Å². The average Bonchev–Trinajstić information content (AvgIpc) is 3.11. The number of nitrogens with zero attached hydrogens (tertiary/aromatic N) is 2. The first-order valence-electron chi connectivity index (χ1n) is 9.96. The summed E-state index contributed by atoms with van der Waals surface area (Å²) in [5.41, 5.74) is 2.96. The average molecular weight is 422 g/mol. The van der Waals surface area contributed by atoms with Gasteiger partial charge in [-0.05, 0) is 32.4 Å². The molecule has 9 heteroatoms. The van der Waals surface area contributed by atoms with Crippen molar-refractivity contribution in [1.82, 2.24) is 20.5 Å². The molecular weight excluding hydrogens is 390 g/mol. The summed E-state index contributed by atoms with van der Waals surface area (Å²) in [5, 5.41) is 10.4. The third kappa shape index (κ3) is 6.57. The summed E-state index contributed by atoms with van der Waals surface area (Å²) in [4.78, 5) is 4.85. The van der Waals surface area contributed by atoms with Gasteiger partial charge in [0.1, 0.15) is 5.76 Å². The number of nitrogens with one attached hydrogen (secondary N) is 3. The van der Waals surface area contributed by atoms with Gasteiger partial charge in [-0.25, -0.2) is 18.1 Å². The SMILES string of the molecule is CCNC(=NCc1c(CC)noc1CC)NCCNS(=O)(=O)c1ccc(C)cc1. The molecule has 0 saturated carbocycles. The highest BCUT2D eigenvalue weighted by Crippen LogP contribution is 2.16. The quantitative estimate of drug-likeness (QED) is 0.308. The standard InChI is InChI=1S/C20H31N5O3S/c1-5-18-17(19(6-2)28-25-18)14-23-20(21-7-3)22-12-13-24-29(26,27)16-10-8-15(4)9-11-16/h8-11,24H,5-7,12-14H2,1-4H3,(H2,21,22,23). The Balaban J connectivity index is 1.93. The number of aromatic nitrogens is 1. The lowest BCUT2D eigenvalue weighted by molar-refractivity contribution is 0.380. The second kappa shape index (κ2) is 11.0. The van der Waals surface area contributed by atoms with Gasteiger partial charge in [0, 0.05) is 31.6 Å². The van der Waals surface area contributed by atoms with Gasteiger partial charge in [-0.3, -0.25) is 0 Å². The Morgan fingerprint density at radius 2 is 1.79 bits per heavy atom. The predicted octanol–water partition coefficient (Wildman–Crippen LogP) is 2.14. The summed E-state index contributed by atoms with van der Waals surface area (Å²) in [6.45, 7) is 9.76. The lowest BCUT2D eigenvalue weighted by atomic mass is 10.1. The maximum Gasteiger partial charge on any atom is 0.240 e. The molecule has 1 aromatic heterocycles. The van der Waals surface area contributed by atoms with Crippen molar-refractivity contribution < 1.29 is 12.9 Å². The van der Waals surface area contributed by atoms with Crippen LogP contribution in [0.25, 0.3) is 0 Å². The zero-order valence-electron chi connectivity index (χ0n) is 17.6. The lowest BCUT2D eigenvalue weighted by Gasteiger charge is -2.12. The van der Waals surface area contributed by atoms with E-state index in [0.717, 1.165) is 35.4 Å². The maximum absolute atomic E-state index is 12.3. The molecule has 0 saturated heterocycles. The molecule has 8 nitrogen and oxygen atoms in total. The minimum absolute atomic E-state index is 0.244. The third-order valence-corrected chi connectivity index (χ3v) is 5.86. The minimum Gasteiger partial charge on any atom is -0.361 e. The van der Waals surface area contributed by atoms with Crippen molar-refractivity contribution in [3.8, 4) is 0 Å². The van der Waals surface area contributed by atoms with Crippen molar-refractivity contribution in [2.45, 2.75) is 52.0 Å². The van der Waals surface area contributed by atoms with Crippen LogP contribution in [0.1, 0.15) is 43.4 Å². The number of rotatable bonds is 10. The third-order valence-electron chi connectivity index (χ3n) is 4.39. The van der Waals surface area contributed by atoms with Gasteiger partial charge in [0.05, 0.1) is 17.1 Å². The fourth-order valence-electron chi connectivity index (χ4n) is 2.78. The van der Waals surface area contributed by atoms with Gasteiger partial charge in [-0.1, -0.05) is 36.7 Å². The Hall–Kier alpha value is -2.39. The summed E-state index contributed by atoms with van der Waals surface area (Å²) >= 11 is 0. The Labute approximate surface area is 173 Å².